The fourth-order valence-electron chi connectivity index (χ4n) is 2.42. The smallest absolute Gasteiger partial charge is 0.240 e. The van der Waals surface area contributed by atoms with Gasteiger partial charge in [0.2, 0.25) is 10.0 Å². The van der Waals surface area contributed by atoms with Crippen molar-refractivity contribution in [2.45, 2.75) is 31.6 Å². The Labute approximate surface area is 126 Å². The third-order valence-electron chi connectivity index (χ3n) is 3.94. The lowest BCUT2D eigenvalue weighted by molar-refractivity contribution is 0.232. The van der Waals surface area contributed by atoms with Crippen LogP contribution in [-0.4, -0.2) is 28.1 Å². The van der Waals surface area contributed by atoms with Gasteiger partial charge in [-0.1, -0.05) is 24.6 Å². The lowest BCUT2D eigenvalue weighted by Crippen LogP contribution is -2.42. The van der Waals surface area contributed by atoms with Gasteiger partial charge in [-0.05, 0) is 56.0 Å². The molecule has 1 aromatic carbocycles. The first-order valence-corrected chi connectivity index (χ1v) is 8.65. The van der Waals surface area contributed by atoms with E-state index < -0.39 is 10.0 Å². The van der Waals surface area contributed by atoms with Crippen LogP contribution in [0.1, 0.15) is 25.3 Å². The van der Waals surface area contributed by atoms with Crippen LogP contribution in [0.3, 0.4) is 0 Å². The molecule has 1 heterocycles. The lowest BCUT2D eigenvalue weighted by atomic mass is 9.81. The molecule has 6 heteroatoms. The number of hydrogen-bond donors (Lipinski definition) is 2. The van der Waals surface area contributed by atoms with Crippen LogP contribution >= 0.6 is 11.6 Å². The normalized spacial score (nSPS) is 18.9. The zero-order valence-electron chi connectivity index (χ0n) is 11.9. The van der Waals surface area contributed by atoms with Gasteiger partial charge in [0.05, 0.1) is 4.90 Å². The number of nitrogens with one attached hydrogen (secondary N) is 2. The van der Waals surface area contributed by atoms with Gasteiger partial charge in [0.1, 0.15) is 0 Å². The number of hydrogen-bond acceptors (Lipinski definition) is 3. The van der Waals surface area contributed by atoms with Gasteiger partial charge in [-0.25, -0.2) is 13.1 Å². The molecule has 0 amide bonds. The molecule has 1 saturated heterocycles. The predicted octanol–water partition coefficient (Wildman–Crippen LogP) is 2.32. The molecule has 0 aliphatic carbocycles. The van der Waals surface area contributed by atoms with Crippen LogP contribution in [0.4, 0.5) is 0 Å². The van der Waals surface area contributed by atoms with Gasteiger partial charge in [0.15, 0.2) is 0 Å². The summed E-state index contributed by atoms with van der Waals surface area (Å²) >= 11 is 5.90. The van der Waals surface area contributed by atoms with Gasteiger partial charge in [0.25, 0.3) is 0 Å². The highest BCUT2D eigenvalue weighted by Crippen LogP contribution is 2.28. The maximum atomic E-state index is 12.4. The summed E-state index contributed by atoms with van der Waals surface area (Å²) in [4.78, 5) is 0.266. The molecule has 1 fully saturated rings. The highest BCUT2D eigenvalue weighted by atomic mass is 35.5. The monoisotopic (exact) mass is 316 g/mol. The topological polar surface area (TPSA) is 58.2 Å². The van der Waals surface area contributed by atoms with Crippen molar-refractivity contribution in [2.24, 2.45) is 5.41 Å². The van der Waals surface area contributed by atoms with Crippen LogP contribution in [0.2, 0.25) is 5.02 Å². The number of aryl methyl sites for hydroxylation is 1. The Morgan fingerprint density at radius 1 is 1.35 bits per heavy atom. The van der Waals surface area contributed by atoms with Crippen molar-refractivity contribution in [3.05, 3.63) is 28.8 Å². The molecule has 1 aliphatic heterocycles. The van der Waals surface area contributed by atoms with Crippen LogP contribution in [0.5, 0.6) is 0 Å². The van der Waals surface area contributed by atoms with E-state index in [1.54, 1.807) is 19.1 Å². The third kappa shape index (κ3) is 3.73. The Kier molecular flexibility index (Phi) is 4.74. The first kappa shape index (κ1) is 15.8. The average Bonchev–Trinajstić information content (AvgIpc) is 2.40. The Bertz CT molecular complexity index is 581. The molecule has 1 aliphatic rings. The Morgan fingerprint density at radius 2 is 2.00 bits per heavy atom. The number of sulfonamides is 1. The molecule has 0 aromatic heterocycles. The fourth-order valence-corrected chi connectivity index (χ4v) is 4.12. The summed E-state index contributed by atoms with van der Waals surface area (Å²) in [6.07, 6.45) is 1.95. The molecule has 1 aromatic rings. The summed E-state index contributed by atoms with van der Waals surface area (Å²) in [6, 6.07) is 4.93. The van der Waals surface area contributed by atoms with Crippen LogP contribution in [0.15, 0.2) is 23.1 Å². The van der Waals surface area contributed by atoms with Crippen LogP contribution in [0.25, 0.3) is 0 Å². The van der Waals surface area contributed by atoms with Crippen molar-refractivity contribution in [1.82, 2.24) is 10.0 Å². The van der Waals surface area contributed by atoms with E-state index in [2.05, 4.69) is 17.0 Å². The number of benzene rings is 1. The van der Waals surface area contributed by atoms with Gasteiger partial charge in [-0.15, -0.1) is 0 Å². The Balaban J connectivity index is 2.13. The van der Waals surface area contributed by atoms with E-state index >= 15 is 0 Å². The zero-order chi connectivity index (χ0) is 14.8. The Morgan fingerprint density at radius 3 is 2.65 bits per heavy atom. The second kappa shape index (κ2) is 6.02. The largest absolute Gasteiger partial charge is 0.317 e. The molecule has 0 spiro atoms. The highest BCUT2D eigenvalue weighted by molar-refractivity contribution is 7.89. The van der Waals surface area contributed by atoms with Crippen molar-refractivity contribution in [3.8, 4) is 0 Å². The van der Waals surface area contributed by atoms with Gasteiger partial charge in [0, 0.05) is 11.6 Å². The Hall–Kier alpha value is -0.620. The third-order valence-corrected chi connectivity index (χ3v) is 5.72. The van der Waals surface area contributed by atoms with Crippen molar-refractivity contribution in [1.29, 1.82) is 0 Å². The molecule has 0 saturated carbocycles. The molecule has 2 N–H and O–H groups in total. The fraction of sp³-hybridized carbons (Fsp3) is 0.571. The number of rotatable bonds is 4. The lowest BCUT2D eigenvalue weighted by Gasteiger charge is -2.34. The molecule has 0 atom stereocenters. The first-order valence-electron chi connectivity index (χ1n) is 6.79. The van der Waals surface area contributed by atoms with Crippen LogP contribution in [-0.2, 0) is 10.0 Å². The highest BCUT2D eigenvalue weighted by Gasteiger charge is 2.29. The maximum Gasteiger partial charge on any atom is 0.240 e. The van der Waals surface area contributed by atoms with E-state index in [0.717, 1.165) is 25.9 Å². The number of halogens is 1. The van der Waals surface area contributed by atoms with Crippen molar-refractivity contribution < 1.29 is 8.42 Å². The second-order valence-corrected chi connectivity index (χ2v) is 7.97. The van der Waals surface area contributed by atoms with E-state index in [1.807, 2.05) is 0 Å². The van der Waals surface area contributed by atoms with Gasteiger partial charge in [-0.2, -0.15) is 0 Å². The first-order chi connectivity index (χ1) is 9.32. The zero-order valence-corrected chi connectivity index (χ0v) is 13.4. The predicted molar refractivity (Wildman–Crippen MR) is 81.6 cm³/mol. The van der Waals surface area contributed by atoms with E-state index in [0.29, 0.717) is 17.1 Å². The SMILES string of the molecule is Cc1ccc(Cl)cc1S(=O)(=O)NCC1(C)CCNCC1. The average molecular weight is 317 g/mol. The molecule has 4 nitrogen and oxygen atoms in total. The second-order valence-electron chi connectivity index (χ2n) is 5.80. The summed E-state index contributed by atoms with van der Waals surface area (Å²) in [5, 5.41) is 3.72. The molecule has 112 valence electrons. The van der Waals surface area contributed by atoms with Gasteiger partial charge >= 0.3 is 0 Å². The minimum Gasteiger partial charge on any atom is -0.317 e. The summed E-state index contributed by atoms with van der Waals surface area (Å²) in [6.45, 7) is 6.24. The van der Waals surface area contributed by atoms with Crippen molar-refractivity contribution in [3.63, 3.8) is 0 Å². The molecule has 0 unspecified atom stereocenters. The summed E-state index contributed by atoms with van der Waals surface area (Å²) in [5.41, 5.74) is 0.725. The quantitative estimate of drug-likeness (QED) is 0.896. The van der Waals surface area contributed by atoms with Crippen molar-refractivity contribution >= 4 is 21.6 Å². The minimum absolute atomic E-state index is 0.0187. The maximum absolute atomic E-state index is 12.4. The van der Waals surface area contributed by atoms with Crippen molar-refractivity contribution in [2.75, 3.05) is 19.6 Å². The molecular formula is C14H21ClN2O2S. The molecular weight excluding hydrogens is 296 g/mol. The standard InChI is InChI=1S/C14H21ClN2O2S/c1-11-3-4-12(15)9-13(11)20(18,19)17-10-14(2)5-7-16-8-6-14/h3-4,9,16-17H,5-8,10H2,1-2H3. The van der Waals surface area contributed by atoms with E-state index in [9.17, 15) is 8.42 Å². The molecule has 20 heavy (non-hydrogen) atoms. The molecule has 0 radical (unpaired) electrons. The molecule has 0 bridgehead atoms. The van der Waals surface area contributed by atoms with Crippen LogP contribution in [0, 0.1) is 12.3 Å². The summed E-state index contributed by atoms with van der Waals surface area (Å²) < 4.78 is 27.5. The van der Waals surface area contributed by atoms with E-state index in [4.69, 9.17) is 11.6 Å². The number of piperidine rings is 1. The van der Waals surface area contributed by atoms with Gasteiger partial charge in [-0.3, -0.25) is 0 Å². The molecule has 2 rings (SSSR count). The van der Waals surface area contributed by atoms with E-state index in [1.165, 1.54) is 6.07 Å². The minimum atomic E-state index is -3.51. The summed E-state index contributed by atoms with van der Waals surface area (Å²) in [7, 11) is -3.51. The van der Waals surface area contributed by atoms with Crippen LogP contribution < -0.4 is 10.0 Å². The summed E-state index contributed by atoms with van der Waals surface area (Å²) in [5.74, 6) is 0. The van der Waals surface area contributed by atoms with E-state index in [-0.39, 0.29) is 10.3 Å². The van der Waals surface area contributed by atoms with Gasteiger partial charge < -0.3 is 5.32 Å².